The van der Waals surface area contributed by atoms with Crippen LogP contribution < -0.4 is 10.6 Å². The van der Waals surface area contributed by atoms with Crippen molar-refractivity contribution in [2.75, 3.05) is 18.0 Å². The van der Waals surface area contributed by atoms with Crippen LogP contribution in [-0.2, 0) is 0 Å². The van der Waals surface area contributed by atoms with Gasteiger partial charge in [-0.3, -0.25) is 0 Å². The first kappa shape index (κ1) is 15.5. The fourth-order valence-corrected chi connectivity index (χ4v) is 2.94. The van der Waals surface area contributed by atoms with E-state index in [1.807, 2.05) is 6.92 Å². The summed E-state index contributed by atoms with van der Waals surface area (Å²) in [6, 6.07) is 1.73. The highest BCUT2D eigenvalue weighted by Gasteiger charge is 2.19. The maximum absolute atomic E-state index is 8.81. The van der Waals surface area contributed by atoms with Crippen molar-refractivity contribution in [1.29, 1.82) is 0 Å². The predicted octanol–water partition coefficient (Wildman–Crippen LogP) is 2.29. The van der Waals surface area contributed by atoms with E-state index in [0.717, 1.165) is 24.7 Å². The van der Waals surface area contributed by atoms with E-state index < -0.39 is 0 Å². The summed E-state index contributed by atoms with van der Waals surface area (Å²) in [4.78, 5) is 11.2. The number of amidine groups is 1. The highest BCUT2D eigenvalue weighted by molar-refractivity contribution is 5.95. The summed E-state index contributed by atoms with van der Waals surface area (Å²) in [5.41, 5.74) is 6.96. The second-order valence-electron chi connectivity index (χ2n) is 5.75. The van der Waals surface area contributed by atoms with Gasteiger partial charge in [0.2, 0.25) is 5.95 Å². The summed E-state index contributed by atoms with van der Waals surface area (Å²) >= 11 is 0. The van der Waals surface area contributed by atoms with Crippen molar-refractivity contribution in [3.05, 3.63) is 17.5 Å². The van der Waals surface area contributed by atoms with Crippen LogP contribution in [0.15, 0.2) is 11.2 Å². The maximum atomic E-state index is 8.81. The molecule has 1 aromatic heterocycles. The van der Waals surface area contributed by atoms with Crippen molar-refractivity contribution in [1.82, 2.24) is 9.97 Å². The Hall–Kier alpha value is -1.85. The van der Waals surface area contributed by atoms with Gasteiger partial charge in [-0.1, -0.05) is 24.9 Å². The van der Waals surface area contributed by atoms with E-state index in [2.05, 4.69) is 26.9 Å². The van der Waals surface area contributed by atoms with Gasteiger partial charge in [-0.25, -0.2) is 9.97 Å². The fraction of sp³-hybridized carbons (Fsp3) is 0.667. The molecule has 0 radical (unpaired) electrons. The van der Waals surface area contributed by atoms with Gasteiger partial charge < -0.3 is 15.8 Å². The van der Waals surface area contributed by atoms with Crippen LogP contribution in [0.5, 0.6) is 0 Å². The molecule has 3 N–H and O–H groups in total. The molecule has 1 atom stereocenters. The van der Waals surface area contributed by atoms with Gasteiger partial charge in [0.05, 0.1) is 0 Å². The summed E-state index contributed by atoms with van der Waals surface area (Å²) in [7, 11) is 0. The van der Waals surface area contributed by atoms with E-state index in [9.17, 15) is 0 Å². The number of anilines is 1. The molecule has 1 aromatic rings. The van der Waals surface area contributed by atoms with Crippen LogP contribution in [0.2, 0.25) is 0 Å². The first-order chi connectivity index (χ1) is 10.1. The second kappa shape index (κ2) is 7.24. The molecule has 0 amide bonds. The van der Waals surface area contributed by atoms with Crippen molar-refractivity contribution in [3.63, 3.8) is 0 Å². The number of hydrogen-bond acceptors (Lipinski definition) is 5. The van der Waals surface area contributed by atoms with Crippen LogP contribution in [0, 0.1) is 12.8 Å². The summed E-state index contributed by atoms with van der Waals surface area (Å²) in [6.07, 6.45) is 6.19. The average molecular weight is 291 g/mol. The summed E-state index contributed by atoms with van der Waals surface area (Å²) in [5.74, 6) is 1.53. The van der Waals surface area contributed by atoms with Gasteiger partial charge in [-0.2, -0.15) is 0 Å². The number of aryl methyl sites for hydroxylation is 1. The van der Waals surface area contributed by atoms with Gasteiger partial charge >= 0.3 is 0 Å². The molecule has 2 heterocycles. The monoisotopic (exact) mass is 291 g/mol. The molecule has 21 heavy (non-hydrogen) atoms. The Morgan fingerprint density at radius 3 is 2.95 bits per heavy atom. The largest absolute Gasteiger partial charge is 0.409 e. The molecule has 1 fully saturated rings. The van der Waals surface area contributed by atoms with Crippen molar-refractivity contribution in [2.24, 2.45) is 16.8 Å². The van der Waals surface area contributed by atoms with Crippen LogP contribution in [0.4, 0.5) is 5.95 Å². The molecule has 1 unspecified atom stereocenters. The molecule has 2 rings (SSSR count). The zero-order chi connectivity index (χ0) is 15.2. The SMILES string of the molecule is CCCC1CCCN(c2nc(C)cc(/C(N)=N/O)n2)CC1. The molecule has 0 aliphatic carbocycles. The first-order valence-corrected chi connectivity index (χ1v) is 7.72. The van der Waals surface area contributed by atoms with Crippen molar-refractivity contribution in [2.45, 2.75) is 46.0 Å². The van der Waals surface area contributed by atoms with Crippen LogP contribution in [0.3, 0.4) is 0 Å². The van der Waals surface area contributed by atoms with E-state index >= 15 is 0 Å². The number of aromatic nitrogens is 2. The van der Waals surface area contributed by atoms with Gasteiger partial charge in [0.1, 0.15) is 5.69 Å². The Bertz CT molecular complexity index is 503. The number of hydrogen-bond donors (Lipinski definition) is 2. The van der Waals surface area contributed by atoms with E-state index in [-0.39, 0.29) is 5.84 Å². The molecule has 6 heteroatoms. The lowest BCUT2D eigenvalue weighted by atomic mass is 9.96. The topological polar surface area (TPSA) is 87.6 Å². The molecule has 1 saturated heterocycles. The molecule has 6 nitrogen and oxygen atoms in total. The number of rotatable bonds is 4. The van der Waals surface area contributed by atoms with Crippen LogP contribution >= 0.6 is 0 Å². The highest BCUT2D eigenvalue weighted by Crippen LogP contribution is 2.24. The third kappa shape index (κ3) is 4.06. The normalized spacial score (nSPS) is 20.4. The molecular formula is C15H25N5O. The van der Waals surface area contributed by atoms with Crippen LogP contribution in [-0.4, -0.2) is 34.1 Å². The minimum atomic E-state index is 0.0282. The zero-order valence-electron chi connectivity index (χ0n) is 12.9. The van der Waals surface area contributed by atoms with Gasteiger partial charge in [-0.15, -0.1) is 0 Å². The second-order valence-corrected chi connectivity index (χ2v) is 5.75. The molecule has 0 saturated carbocycles. The number of oxime groups is 1. The lowest BCUT2D eigenvalue weighted by Gasteiger charge is -2.21. The van der Waals surface area contributed by atoms with E-state index in [4.69, 9.17) is 10.9 Å². The summed E-state index contributed by atoms with van der Waals surface area (Å²) in [6.45, 7) is 6.09. The lowest BCUT2D eigenvalue weighted by Crippen LogP contribution is -2.28. The quantitative estimate of drug-likeness (QED) is 0.384. The Labute approximate surface area is 126 Å². The van der Waals surface area contributed by atoms with Crippen molar-refractivity contribution >= 4 is 11.8 Å². The van der Waals surface area contributed by atoms with E-state index in [1.165, 1.54) is 32.1 Å². The Morgan fingerprint density at radius 1 is 1.43 bits per heavy atom. The van der Waals surface area contributed by atoms with Crippen molar-refractivity contribution in [3.8, 4) is 0 Å². The van der Waals surface area contributed by atoms with Gasteiger partial charge in [0.25, 0.3) is 0 Å². The molecule has 0 aromatic carbocycles. The Balaban J connectivity index is 2.16. The van der Waals surface area contributed by atoms with Gasteiger partial charge in [0, 0.05) is 18.8 Å². The average Bonchev–Trinajstić information content (AvgIpc) is 2.72. The standard InChI is InChI=1S/C15H25N5O/c1-3-5-12-6-4-8-20(9-7-12)15-17-11(2)10-13(18-15)14(16)19-21/h10,12,21H,3-9H2,1-2H3,(H2,16,19). The zero-order valence-corrected chi connectivity index (χ0v) is 12.9. The van der Waals surface area contributed by atoms with E-state index in [0.29, 0.717) is 11.6 Å². The summed E-state index contributed by atoms with van der Waals surface area (Å²) < 4.78 is 0. The molecular weight excluding hydrogens is 266 g/mol. The smallest absolute Gasteiger partial charge is 0.226 e. The van der Waals surface area contributed by atoms with Gasteiger partial charge in [0.15, 0.2) is 5.84 Å². The molecule has 1 aliphatic rings. The predicted molar refractivity (Wildman–Crippen MR) is 83.7 cm³/mol. The van der Waals surface area contributed by atoms with Crippen molar-refractivity contribution < 1.29 is 5.21 Å². The first-order valence-electron chi connectivity index (χ1n) is 7.72. The number of nitrogens with two attached hydrogens (primary N) is 1. The lowest BCUT2D eigenvalue weighted by molar-refractivity contribution is 0.318. The minimum absolute atomic E-state index is 0.0282. The fourth-order valence-electron chi connectivity index (χ4n) is 2.94. The Kier molecular flexibility index (Phi) is 5.36. The number of nitrogens with zero attached hydrogens (tertiary/aromatic N) is 4. The minimum Gasteiger partial charge on any atom is -0.409 e. The van der Waals surface area contributed by atoms with E-state index in [1.54, 1.807) is 6.07 Å². The third-order valence-electron chi connectivity index (χ3n) is 4.04. The van der Waals surface area contributed by atoms with Crippen LogP contribution in [0.25, 0.3) is 0 Å². The Morgan fingerprint density at radius 2 is 2.24 bits per heavy atom. The van der Waals surface area contributed by atoms with Crippen LogP contribution in [0.1, 0.15) is 50.4 Å². The molecule has 1 aliphatic heterocycles. The highest BCUT2D eigenvalue weighted by atomic mass is 16.4. The molecule has 0 spiro atoms. The van der Waals surface area contributed by atoms with Gasteiger partial charge in [-0.05, 0) is 38.2 Å². The molecule has 116 valence electrons. The summed E-state index contributed by atoms with van der Waals surface area (Å²) in [5, 5.41) is 11.8. The molecule has 0 bridgehead atoms. The maximum Gasteiger partial charge on any atom is 0.226 e. The third-order valence-corrected chi connectivity index (χ3v) is 4.04.